The quantitative estimate of drug-likeness (QED) is 0.750. The summed E-state index contributed by atoms with van der Waals surface area (Å²) in [6, 6.07) is 9.65. The van der Waals surface area contributed by atoms with Crippen LogP contribution in [0.25, 0.3) is 6.08 Å². The van der Waals surface area contributed by atoms with Crippen LogP contribution >= 0.6 is 0 Å². The molecule has 2 aromatic carbocycles. The Labute approximate surface area is 163 Å². The Bertz CT molecular complexity index is 741. The molecule has 0 aliphatic carbocycles. The summed E-state index contributed by atoms with van der Waals surface area (Å²) in [5.41, 5.74) is 1.51. The van der Waals surface area contributed by atoms with Crippen molar-refractivity contribution in [1.82, 2.24) is 0 Å². The van der Waals surface area contributed by atoms with E-state index in [0.29, 0.717) is 23.3 Å². The highest BCUT2D eigenvalue weighted by Gasteiger charge is 2.00. The predicted molar refractivity (Wildman–Crippen MR) is 108 cm³/mol. The molecule has 2 N–H and O–H groups in total. The maximum absolute atomic E-state index is 10.2. The van der Waals surface area contributed by atoms with E-state index in [-0.39, 0.29) is 11.5 Å². The van der Waals surface area contributed by atoms with E-state index in [2.05, 4.69) is 0 Å². The van der Waals surface area contributed by atoms with Gasteiger partial charge in [0, 0.05) is 15.5 Å². The van der Waals surface area contributed by atoms with Gasteiger partial charge in [-0.3, -0.25) is 4.79 Å². The van der Waals surface area contributed by atoms with Crippen molar-refractivity contribution in [2.45, 2.75) is 13.8 Å². The highest BCUT2D eigenvalue weighted by molar-refractivity contribution is 5.76. The van der Waals surface area contributed by atoms with Gasteiger partial charge < -0.3 is 24.5 Å². The van der Waals surface area contributed by atoms with Crippen LogP contribution in [0.3, 0.4) is 0 Å². The number of benzene rings is 2. The minimum absolute atomic E-state index is 0.0399. The summed E-state index contributed by atoms with van der Waals surface area (Å²) in [5.74, 6) is 1.03. The fourth-order valence-electron chi connectivity index (χ4n) is 1.76. The monoisotopic (exact) mass is 392 g/mol. The molecule has 0 radical (unpaired) electrons. The molecule has 0 atom stereocenters. The molecule has 0 saturated heterocycles. The number of ether oxygens (including phenoxy) is 2. The van der Waals surface area contributed by atoms with Crippen molar-refractivity contribution in [1.29, 1.82) is 0 Å². The van der Waals surface area contributed by atoms with Gasteiger partial charge in [0.15, 0.2) is 23.0 Å². The molecular weight excluding hydrogens is 368 g/mol. The molecule has 0 amide bonds. The number of hydrogen-bond acceptors (Lipinski definition) is 8. The largest absolute Gasteiger partial charge is 0.504 e. The van der Waals surface area contributed by atoms with E-state index in [0.717, 1.165) is 11.8 Å². The lowest BCUT2D eigenvalue weighted by molar-refractivity contribution is -0.106. The minimum atomic E-state index is 0.0399. The number of allylic oxidation sites excluding steroid dienone is 1. The van der Waals surface area contributed by atoms with E-state index in [9.17, 15) is 9.90 Å². The summed E-state index contributed by atoms with van der Waals surface area (Å²) in [6.45, 7) is 3.39. The number of aldehydes is 2. The standard InChI is InChI=1S/C10H12O2.C8H8O3.C2H4O.O2/c1-3-4-8-5-6-9(11)10(7-8)12-2;1-11-8-4-6(5-9)2-3-7(8)10;1-2-3;1-2/h3-7,11H,1-2H3;2-5,10H,1H3;2H,1H3;/b4-3+;;;. The van der Waals surface area contributed by atoms with Crippen LogP contribution in [-0.4, -0.2) is 37.0 Å². The summed E-state index contributed by atoms with van der Waals surface area (Å²) >= 11 is 0. The lowest BCUT2D eigenvalue weighted by Gasteiger charge is -2.03. The Balaban J connectivity index is 0. The molecule has 0 aliphatic heterocycles. The van der Waals surface area contributed by atoms with Crippen molar-refractivity contribution >= 4 is 18.6 Å². The molecule has 2 aromatic rings. The second-order valence-electron chi connectivity index (χ2n) is 4.72. The van der Waals surface area contributed by atoms with E-state index >= 15 is 0 Å². The van der Waals surface area contributed by atoms with Gasteiger partial charge in [-0.05, 0) is 49.7 Å². The Morgan fingerprint density at radius 2 is 1.18 bits per heavy atom. The zero-order valence-corrected chi connectivity index (χ0v) is 16.1. The molecule has 0 saturated carbocycles. The molecule has 152 valence electrons. The molecule has 0 heterocycles. The third kappa shape index (κ3) is 10.3. The molecule has 0 spiro atoms. The first-order chi connectivity index (χ1) is 13.5. The second-order valence-corrected chi connectivity index (χ2v) is 4.72. The number of methoxy groups -OCH3 is 2. The van der Waals surface area contributed by atoms with Gasteiger partial charge in [-0.1, -0.05) is 18.2 Å². The third-order valence-electron chi connectivity index (χ3n) is 2.90. The molecule has 0 unspecified atom stereocenters. The maximum Gasteiger partial charge on any atom is 0.161 e. The topological polar surface area (TPSA) is 127 Å². The second kappa shape index (κ2) is 16.8. The number of aromatic hydroxyl groups is 2. The lowest BCUT2D eigenvalue weighted by atomic mass is 10.2. The van der Waals surface area contributed by atoms with Gasteiger partial charge in [-0.15, -0.1) is 0 Å². The highest BCUT2D eigenvalue weighted by Crippen LogP contribution is 2.26. The van der Waals surface area contributed by atoms with Crippen LogP contribution in [0.5, 0.6) is 23.0 Å². The van der Waals surface area contributed by atoms with E-state index in [1.54, 1.807) is 12.1 Å². The van der Waals surface area contributed by atoms with Gasteiger partial charge in [0.2, 0.25) is 0 Å². The zero-order chi connectivity index (χ0) is 21.9. The van der Waals surface area contributed by atoms with Crippen LogP contribution in [-0.2, 0) is 4.79 Å². The molecule has 0 aromatic heterocycles. The van der Waals surface area contributed by atoms with Crippen molar-refractivity contribution < 1.29 is 29.3 Å². The number of phenolic OH excluding ortho intramolecular Hbond substituents is 2. The Hall–Kier alpha value is -3.68. The average Bonchev–Trinajstić information content (AvgIpc) is 2.72. The van der Waals surface area contributed by atoms with E-state index in [4.69, 9.17) is 29.3 Å². The van der Waals surface area contributed by atoms with Crippen molar-refractivity contribution in [3.8, 4) is 23.0 Å². The molecule has 2 rings (SSSR count). The van der Waals surface area contributed by atoms with Gasteiger partial charge in [0.1, 0.15) is 12.6 Å². The first-order valence-corrected chi connectivity index (χ1v) is 7.85. The number of carbonyl (C=O) groups excluding carboxylic acids is 2. The molecule has 8 nitrogen and oxygen atoms in total. The average molecular weight is 392 g/mol. The van der Waals surface area contributed by atoms with Crippen LogP contribution in [0.4, 0.5) is 0 Å². The van der Waals surface area contributed by atoms with Crippen LogP contribution in [0.2, 0.25) is 0 Å². The number of phenols is 2. The highest BCUT2D eigenvalue weighted by atomic mass is 16.7. The minimum Gasteiger partial charge on any atom is -0.504 e. The first-order valence-electron chi connectivity index (χ1n) is 7.85. The van der Waals surface area contributed by atoms with Crippen LogP contribution in [0.15, 0.2) is 42.5 Å². The zero-order valence-electron chi connectivity index (χ0n) is 16.1. The molecule has 0 fully saturated rings. The summed E-state index contributed by atoms with van der Waals surface area (Å²) < 4.78 is 9.73. The first kappa shape index (κ1) is 26.5. The summed E-state index contributed by atoms with van der Waals surface area (Å²) in [4.78, 5) is 33.1. The number of hydrogen-bond donors (Lipinski definition) is 2. The van der Waals surface area contributed by atoms with E-state index < -0.39 is 0 Å². The van der Waals surface area contributed by atoms with Crippen LogP contribution < -0.4 is 9.47 Å². The molecule has 28 heavy (non-hydrogen) atoms. The van der Waals surface area contributed by atoms with Gasteiger partial charge in [-0.25, -0.2) is 0 Å². The third-order valence-corrected chi connectivity index (χ3v) is 2.90. The lowest BCUT2D eigenvalue weighted by Crippen LogP contribution is -1.85. The fraction of sp³-hybridized carbons (Fsp3) is 0.200. The Morgan fingerprint density at radius 3 is 1.54 bits per heavy atom. The summed E-state index contributed by atoms with van der Waals surface area (Å²) in [7, 11) is 2.97. The molecular formula is C20H24O8. The molecule has 8 heteroatoms. The molecule has 0 bridgehead atoms. The number of carbonyl (C=O) groups is 2. The Morgan fingerprint density at radius 1 is 0.786 bits per heavy atom. The van der Waals surface area contributed by atoms with Crippen LogP contribution in [0.1, 0.15) is 29.8 Å². The van der Waals surface area contributed by atoms with E-state index in [1.807, 2.05) is 25.1 Å². The SMILES string of the molecule is C/C=C/c1ccc(O)c(OC)c1.CC=O.COc1cc(C=O)ccc1O.O=O. The van der Waals surface area contributed by atoms with Crippen molar-refractivity contribution in [2.24, 2.45) is 0 Å². The summed E-state index contributed by atoms with van der Waals surface area (Å²) in [5, 5.41) is 18.3. The number of rotatable bonds is 4. The van der Waals surface area contributed by atoms with Gasteiger partial charge in [-0.2, -0.15) is 0 Å². The predicted octanol–water partition coefficient (Wildman–Crippen LogP) is 3.92. The van der Waals surface area contributed by atoms with Crippen molar-refractivity contribution in [3.63, 3.8) is 0 Å². The Kier molecular flexibility index (Phi) is 15.9. The van der Waals surface area contributed by atoms with Gasteiger partial charge in [0.25, 0.3) is 0 Å². The van der Waals surface area contributed by atoms with Gasteiger partial charge in [0.05, 0.1) is 14.2 Å². The smallest absolute Gasteiger partial charge is 0.161 e. The molecule has 0 aliphatic rings. The van der Waals surface area contributed by atoms with Crippen molar-refractivity contribution in [2.75, 3.05) is 14.2 Å². The fourth-order valence-corrected chi connectivity index (χ4v) is 1.76. The van der Waals surface area contributed by atoms with Gasteiger partial charge >= 0.3 is 0 Å². The summed E-state index contributed by atoms with van der Waals surface area (Å²) in [6.07, 6.45) is 5.33. The van der Waals surface area contributed by atoms with Crippen LogP contribution in [0, 0.1) is 9.93 Å². The normalized spacial score (nSPS) is 8.71. The van der Waals surface area contributed by atoms with Crippen molar-refractivity contribution in [3.05, 3.63) is 63.5 Å². The van der Waals surface area contributed by atoms with E-state index in [1.165, 1.54) is 39.3 Å². The maximum atomic E-state index is 10.2.